The molecule has 0 aliphatic carbocycles. The van der Waals surface area contributed by atoms with Gasteiger partial charge in [-0.1, -0.05) is 48.0 Å². The Morgan fingerprint density at radius 1 is 0.793 bits per heavy atom. The first-order valence-corrected chi connectivity index (χ1v) is 9.24. The Labute approximate surface area is 168 Å². The van der Waals surface area contributed by atoms with Gasteiger partial charge in [0.2, 0.25) is 0 Å². The average molecular weight is 386 g/mol. The highest BCUT2D eigenvalue weighted by molar-refractivity contribution is 6.46. The molecule has 0 unspecified atom stereocenters. The molecule has 1 aliphatic rings. The molecule has 4 nitrogen and oxygen atoms in total. The Morgan fingerprint density at radius 3 is 2.10 bits per heavy atom. The number of para-hydroxylation sites is 1. The van der Waals surface area contributed by atoms with E-state index in [-0.39, 0.29) is 11.3 Å². The molecule has 144 valence electrons. The van der Waals surface area contributed by atoms with Crippen molar-refractivity contribution in [1.29, 1.82) is 0 Å². The lowest BCUT2D eigenvalue weighted by Crippen LogP contribution is -2.32. The van der Waals surface area contributed by atoms with Crippen molar-refractivity contribution in [3.8, 4) is 0 Å². The monoisotopic (exact) mass is 386 g/mol. The highest BCUT2D eigenvalue weighted by Gasteiger charge is 2.40. The van der Waals surface area contributed by atoms with E-state index in [0.717, 1.165) is 21.7 Å². The summed E-state index contributed by atoms with van der Waals surface area (Å²) in [6.45, 7) is 3.85. The van der Waals surface area contributed by atoms with Crippen LogP contribution in [0.3, 0.4) is 0 Å². The number of nitrogens with zero attached hydrogens (tertiary/aromatic N) is 1. The van der Waals surface area contributed by atoms with Crippen LogP contribution in [0.1, 0.15) is 16.7 Å². The SMILES string of the molecule is Cc1ccc(N2C(=O)C(Nc3ccccc3C)=C(c3ccc(F)cc3)C2=O)cc1. The van der Waals surface area contributed by atoms with Crippen molar-refractivity contribution in [1.82, 2.24) is 0 Å². The first kappa shape index (κ1) is 18.6. The van der Waals surface area contributed by atoms with E-state index in [0.29, 0.717) is 11.3 Å². The summed E-state index contributed by atoms with van der Waals surface area (Å²) in [5, 5.41) is 3.14. The normalized spacial score (nSPS) is 14.0. The largest absolute Gasteiger partial charge is 0.350 e. The Balaban J connectivity index is 1.83. The standard InChI is InChI=1S/C24H19FN2O2/c1-15-7-13-19(14-8-15)27-23(28)21(17-9-11-18(25)12-10-17)22(24(27)29)26-20-6-4-3-5-16(20)2/h3-14,26H,1-2H3. The number of aryl methyl sites for hydroxylation is 2. The van der Waals surface area contributed by atoms with Gasteiger partial charge in [0.1, 0.15) is 11.5 Å². The van der Waals surface area contributed by atoms with E-state index in [2.05, 4.69) is 5.32 Å². The van der Waals surface area contributed by atoms with Gasteiger partial charge in [-0.15, -0.1) is 0 Å². The molecule has 1 N–H and O–H groups in total. The second-order valence-corrected chi connectivity index (χ2v) is 6.98. The number of rotatable bonds is 4. The number of carbonyl (C=O) groups excluding carboxylic acids is 2. The van der Waals surface area contributed by atoms with E-state index in [9.17, 15) is 14.0 Å². The van der Waals surface area contributed by atoms with Gasteiger partial charge in [0.25, 0.3) is 11.8 Å². The summed E-state index contributed by atoms with van der Waals surface area (Å²) in [5.41, 5.74) is 4.07. The quantitative estimate of drug-likeness (QED) is 0.653. The van der Waals surface area contributed by atoms with E-state index in [1.165, 1.54) is 24.3 Å². The van der Waals surface area contributed by atoms with Crippen LogP contribution in [0, 0.1) is 19.7 Å². The number of anilines is 2. The van der Waals surface area contributed by atoms with Crippen LogP contribution in [0.5, 0.6) is 0 Å². The van der Waals surface area contributed by atoms with E-state index < -0.39 is 17.6 Å². The zero-order chi connectivity index (χ0) is 20.5. The lowest BCUT2D eigenvalue weighted by Gasteiger charge is -2.16. The molecule has 2 amide bonds. The van der Waals surface area contributed by atoms with Crippen molar-refractivity contribution in [2.45, 2.75) is 13.8 Å². The van der Waals surface area contributed by atoms with E-state index in [1.54, 1.807) is 12.1 Å². The fourth-order valence-electron chi connectivity index (χ4n) is 3.31. The fourth-order valence-corrected chi connectivity index (χ4v) is 3.31. The van der Waals surface area contributed by atoms with Gasteiger partial charge in [-0.25, -0.2) is 9.29 Å². The first-order chi connectivity index (χ1) is 14.0. The number of hydrogen-bond donors (Lipinski definition) is 1. The van der Waals surface area contributed by atoms with Crippen molar-refractivity contribution < 1.29 is 14.0 Å². The number of nitrogens with one attached hydrogen (secondary N) is 1. The first-order valence-electron chi connectivity index (χ1n) is 9.24. The molecule has 0 atom stereocenters. The maximum absolute atomic E-state index is 13.4. The number of halogens is 1. The minimum absolute atomic E-state index is 0.177. The molecule has 0 aromatic heterocycles. The predicted octanol–water partition coefficient (Wildman–Crippen LogP) is 4.84. The van der Waals surface area contributed by atoms with Crippen LogP contribution in [-0.4, -0.2) is 11.8 Å². The van der Waals surface area contributed by atoms with E-state index in [4.69, 9.17) is 0 Å². The third kappa shape index (κ3) is 3.43. The molecule has 5 heteroatoms. The molecule has 0 bridgehead atoms. The van der Waals surface area contributed by atoms with Gasteiger partial charge in [0.15, 0.2) is 0 Å². The summed E-state index contributed by atoms with van der Waals surface area (Å²) >= 11 is 0. The third-order valence-corrected chi connectivity index (χ3v) is 4.91. The fraction of sp³-hybridized carbons (Fsp3) is 0.0833. The Kier molecular flexibility index (Phi) is 4.72. The van der Waals surface area contributed by atoms with Crippen molar-refractivity contribution in [2.24, 2.45) is 0 Å². The summed E-state index contributed by atoms with van der Waals surface area (Å²) in [7, 11) is 0. The van der Waals surface area contributed by atoms with Crippen LogP contribution in [-0.2, 0) is 9.59 Å². The maximum atomic E-state index is 13.4. The van der Waals surface area contributed by atoms with Crippen LogP contribution in [0.2, 0.25) is 0 Å². The van der Waals surface area contributed by atoms with Crippen LogP contribution in [0.4, 0.5) is 15.8 Å². The molecular formula is C24H19FN2O2. The van der Waals surface area contributed by atoms with Crippen molar-refractivity contribution in [3.05, 3.63) is 101 Å². The van der Waals surface area contributed by atoms with E-state index >= 15 is 0 Å². The zero-order valence-electron chi connectivity index (χ0n) is 16.1. The van der Waals surface area contributed by atoms with Gasteiger partial charge in [0.05, 0.1) is 11.3 Å². The highest BCUT2D eigenvalue weighted by atomic mass is 19.1. The molecule has 3 aromatic rings. The van der Waals surface area contributed by atoms with Crippen LogP contribution in [0.15, 0.2) is 78.5 Å². The summed E-state index contributed by atoms with van der Waals surface area (Å²) < 4.78 is 13.4. The minimum atomic E-state index is -0.443. The molecule has 1 heterocycles. The van der Waals surface area contributed by atoms with Crippen molar-refractivity contribution >= 4 is 28.8 Å². The van der Waals surface area contributed by atoms with Crippen LogP contribution >= 0.6 is 0 Å². The summed E-state index contributed by atoms with van der Waals surface area (Å²) in [6.07, 6.45) is 0. The predicted molar refractivity (Wildman–Crippen MR) is 112 cm³/mol. The molecule has 0 radical (unpaired) electrons. The summed E-state index contributed by atoms with van der Waals surface area (Å²) in [6, 6.07) is 20.3. The van der Waals surface area contributed by atoms with Gasteiger partial charge in [-0.05, 0) is 55.3 Å². The number of imide groups is 1. The summed E-state index contributed by atoms with van der Waals surface area (Å²) in [5.74, 6) is -1.29. The Bertz CT molecular complexity index is 1130. The van der Waals surface area contributed by atoms with Gasteiger partial charge in [-0.3, -0.25) is 9.59 Å². The number of carbonyl (C=O) groups is 2. The Hall–Kier alpha value is -3.73. The molecule has 0 spiro atoms. The number of hydrogen-bond acceptors (Lipinski definition) is 3. The van der Waals surface area contributed by atoms with Gasteiger partial charge < -0.3 is 5.32 Å². The van der Waals surface area contributed by atoms with E-state index in [1.807, 2.05) is 50.2 Å². The lowest BCUT2D eigenvalue weighted by atomic mass is 10.0. The summed E-state index contributed by atoms with van der Waals surface area (Å²) in [4.78, 5) is 27.7. The topological polar surface area (TPSA) is 49.4 Å². The van der Waals surface area contributed by atoms with Gasteiger partial charge in [0, 0.05) is 5.69 Å². The zero-order valence-corrected chi connectivity index (χ0v) is 16.1. The second-order valence-electron chi connectivity index (χ2n) is 6.98. The number of benzene rings is 3. The van der Waals surface area contributed by atoms with Crippen LogP contribution in [0.25, 0.3) is 5.57 Å². The molecule has 0 fully saturated rings. The second kappa shape index (κ2) is 7.36. The third-order valence-electron chi connectivity index (χ3n) is 4.91. The smallest absolute Gasteiger partial charge is 0.282 e. The Morgan fingerprint density at radius 2 is 1.45 bits per heavy atom. The van der Waals surface area contributed by atoms with Gasteiger partial charge in [-0.2, -0.15) is 0 Å². The average Bonchev–Trinajstić information content (AvgIpc) is 2.95. The highest BCUT2D eigenvalue weighted by Crippen LogP contribution is 2.34. The van der Waals surface area contributed by atoms with Crippen LogP contribution < -0.4 is 10.2 Å². The molecule has 0 saturated heterocycles. The molecule has 0 saturated carbocycles. The molecule has 4 rings (SSSR count). The van der Waals surface area contributed by atoms with Crippen molar-refractivity contribution in [3.63, 3.8) is 0 Å². The number of amides is 2. The maximum Gasteiger partial charge on any atom is 0.282 e. The molecule has 29 heavy (non-hydrogen) atoms. The molecule has 3 aromatic carbocycles. The lowest BCUT2D eigenvalue weighted by molar-refractivity contribution is -0.120. The minimum Gasteiger partial charge on any atom is -0.350 e. The molecular weight excluding hydrogens is 367 g/mol. The van der Waals surface area contributed by atoms with Crippen molar-refractivity contribution in [2.75, 3.05) is 10.2 Å². The van der Waals surface area contributed by atoms with Gasteiger partial charge >= 0.3 is 0 Å². The molecule has 1 aliphatic heterocycles.